The number of fused-ring (bicyclic) bond motifs is 1. The monoisotopic (exact) mass is 402 g/mol. The summed E-state index contributed by atoms with van der Waals surface area (Å²) in [6.45, 7) is 1.69. The molecule has 1 saturated heterocycles. The van der Waals surface area contributed by atoms with Crippen molar-refractivity contribution >= 4 is 21.6 Å². The zero-order chi connectivity index (χ0) is 19.7. The molecule has 0 saturated carbocycles. The Hall–Kier alpha value is -2.25. The second-order valence-electron chi connectivity index (χ2n) is 7.32. The van der Waals surface area contributed by atoms with Crippen LogP contribution >= 0.6 is 0 Å². The summed E-state index contributed by atoms with van der Waals surface area (Å²) >= 11 is 0. The predicted octanol–water partition coefficient (Wildman–Crippen LogP) is 3.59. The van der Waals surface area contributed by atoms with Crippen molar-refractivity contribution in [2.45, 2.75) is 37.0 Å². The maximum Gasteiger partial charge on any atom is 0.258 e. The first kappa shape index (κ1) is 19.1. The van der Waals surface area contributed by atoms with E-state index in [9.17, 15) is 17.6 Å². The minimum absolute atomic E-state index is 0.201. The maximum atomic E-state index is 13.2. The summed E-state index contributed by atoms with van der Waals surface area (Å²) in [6, 6.07) is 10.5. The number of benzene rings is 2. The molecule has 2 heterocycles. The molecule has 7 heteroatoms. The quantitative estimate of drug-likeness (QED) is 0.788. The zero-order valence-electron chi connectivity index (χ0n) is 15.6. The molecular weight excluding hydrogens is 379 g/mol. The van der Waals surface area contributed by atoms with Gasteiger partial charge < -0.3 is 4.90 Å². The average molecular weight is 402 g/mol. The molecule has 2 aliphatic rings. The fourth-order valence-electron chi connectivity index (χ4n) is 3.95. The number of sulfonamides is 1. The van der Waals surface area contributed by atoms with Crippen LogP contribution in [0.2, 0.25) is 0 Å². The van der Waals surface area contributed by atoms with Crippen molar-refractivity contribution in [3.8, 4) is 0 Å². The van der Waals surface area contributed by atoms with E-state index in [1.807, 2.05) is 0 Å². The molecule has 0 bridgehead atoms. The summed E-state index contributed by atoms with van der Waals surface area (Å²) in [5, 5.41) is 0. The van der Waals surface area contributed by atoms with Crippen molar-refractivity contribution in [3.05, 3.63) is 59.4 Å². The lowest BCUT2D eigenvalue weighted by molar-refractivity contribution is 0.0985. The van der Waals surface area contributed by atoms with Crippen molar-refractivity contribution in [1.82, 2.24) is 4.31 Å². The Morgan fingerprint density at radius 3 is 2.32 bits per heavy atom. The highest BCUT2D eigenvalue weighted by Gasteiger charge is 2.29. The Labute approximate surface area is 164 Å². The Kier molecular flexibility index (Phi) is 5.21. The van der Waals surface area contributed by atoms with Gasteiger partial charge in [0, 0.05) is 30.9 Å². The standard InChI is InChI=1S/C21H23FN2O3S/c22-18-8-6-16(7-9-18)21(25)24-14-4-5-17-15-19(10-11-20(17)24)28(26,27)23-12-2-1-3-13-23/h6-11,15H,1-5,12-14H2. The highest BCUT2D eigenvalue weighted by molar-refractivity contribution is 7.89. The maximum absolute atomic E-state index is 13.2. The van der Waals surface area contributed by atoms with Gasteiger partial charge in [-0.25, -0.2) is 12.8 Å². The van der Waals surface area contributed by atoms with Gasteiger partial charge in [-0.1, -0.05) is 6.42 Å². The summed E-state index contributed by atoms with van der Waals surface area (Å²) < 4.78 is 40.6. The van der Waals surface area contributed by atoms with Gasteiger partial charge in [0.05, 0.1) is 4.90 Å². The van der Waals surface area contributed by atoms with Gasteiger partial charge in [0.25, 0.3) is 5.91 Å². The molecule has 2 aromatic rings. The van der Waals surface area contributed by atoms with Crippen LogP contribution in [0.4, 0.5) is 10.1 Å². The highest BCUT2D eigenvalue weighted by atomic mass is 32.2. The van der Waals surface area contributed by atoms with Gasteiger partial charge in [0.1, 0.15) is 5.82 Å². The predicted molar refractivity (Wildman–Crippen MR) is 105 cm³/mol. The zero-order valence-corrected chi connectivity index (χ0v) is 16.4. The molecular formula is C21H23FN2O3S. The van der Waals surface area contributed by atoms with Gasteiger partial charge in [0.2, 0.25) is 10.0 Å². The van der Waals surface area contributed by atoms with Crippen molar-refractivity contribution in [3.63, 3.8) is 0 Å². The minimum Gasteiger partial charge on any atom is -0.308 e. The third-order valence-electron chi connectivity index (χ3n) is 5.46. The number of hydrogen-bond acceptors (Lipinski definition) is 3. The van der Waals surface area contributed by atoms with Crippen LogP contribution in [0.5, 0.6) is 0 Å². The summed E-state index contributed by atoms with van der Waals surface area (Å²) in [6.07, 6.45) is 4.34. The number of hydrogen-bond donors (Lipinski definition) is 0. The van der Waals surface area contributed by atoms with Gasteiger partial charge >= 0.3 is 0 Å². The molecule has 2 aliphatic heterocycles. The van der Waals surface area contributed by atoms with E-state index in [0.29, 0.717) is 30.1 Å². The summed E-state index contributed by atoms with van der Waals surface area (Å²) in [4.78, 5) is 14.8. The lowest BCUT2D eigenvalue weighted by Gasteiger charge is -2.31. The first-order valence-corrected chi connectivity index (χ1v) is 11.1. The van der Waals surface area contributed by atoms with Crippen LogP contribution in [0.15, 0.2) is 47.4 Å². The van der Waals surface area contributed by atoms with E-state index in [1.54, 1.807) is 27.4 Å². The molecule has 4 rings (SSSR count). The number of halogens is 1. The van der Waals surface area contributed by atoms with Crippen LogP contribution in [-0.2, 0) is 16.4 Å². The molecule has 5 nitrogen and oxygen atoms in total. The summed E-state index contributed by atoms with van der Waals surface area (Å²) in [7, 11) is -3.50. The molecule has 1 amide bonds. The van der Waals surface area contributed by atoms with Gasteiger partial charge in [-0.05, 0) is 73.7 Å². The molecule has 148 valence electrons. The molecule has 0 N–H and O–H groups in total. The number of aryl methyl sites for hydroxylation is 1. The second kappa shape index (κ2) is 7.64. The Balaban J connectivity index is 1.64. The number of rotatable bonds is 3. The second-order valence-corrected chi connectivity index (χ2v) is 9.26. The fourth-order valence-corrected chi connectivity index (χ4v) is 5.52. The van der Waals surface area contributed by atoms with E-state index in [4.69, 9.17) is 0 Å². The van der Waals surface area contributed by atoms with E-state index in [-0.39, 0.29) is 11.7 Å². The molecule has 1 fully saturated rings. The minimum atomic E-state index is -3.50. The number of carbonyl (C=O) groups is 1. The topological polar surface area (TPSA) is 57.7 Å². The van der Waals surface area contributed by atoms with Crippen LogP contribution in [0.1, 0.15) is 41.6 Å². The molecule has 0 spiro atoms. The van der Waals surface area contributed by atoms with Crippen LogP contribution in [0.25, 0.3) is 0 Å². The third kappa shape index (κ3) is 3.56. The lowest BCUT2D eigenvalue weighted by Crippen LogP contribution is -2.37. The van der Waals surface area contributed by atoms with Crippen LogP contribution in [0, 0.1) is 5.82 Å². The molecule has 0 aromatic heterocycles. The van der Waals surface area contributed by atoms with E-state index >= 15 is 0 Å². The number of amides is 1. The normalized spacial score (nSPS) is 18.0. The smallest absolute Gasteiger partial charge is 0.258 e. The average Bonchev–Trinajstić information content (AvgIpc) is 2.73. The Morgan fingerprint density at radius 2 is 1.61 bits per heavy atom. The molecule has 0 unspecified atom stereocenters. The van der Waals surface area contributed by atoms with E-state index in [0.717, 1.165) is 43.4 Å². The molecule has 28 heavy (non-hydrogen) atoms. The van der Waals surface area contributed by atoms with E-state index in [2.05, 4.69) is 0 Å². The van der Waals surface area contributed by atoms with Crippen LogP contribution in [-0.4, -0.2) is 38.3 Å². The number of carbonyl (C=O) groups excluding carboxylic acids is 1. The van der Waals surface area contributed by atoms with Crippen LogP contribution < -0.4 is 4.90 Å². The SMILES string of the molecule is O=C(c1ccc(F)cc1)N1CCCc2cc(S(=O)(=O)N3CCCCC3)ccc21. The molecule has 0 radical (unpaired) electrons. The highest BCUT2D eigenvalue weighted by Crippen LogP contribution is 2.32. The number of nitrogens with zero attached hydrogens (tertiary/aromatic N) is 2. The third-order valence-corrected chi connectivity index (χ3v) is 7.35. The number of piperidine rings is 1. The van der Waals surface area contributed by atoms with Gasteiger partial charge in [-0.15, -0.1) is 0 Å². The van der Waals surface area contributed by atoms with E-state index in [1.165, 1.54) is 24.3 Å². The van der Waals surface area contributed by atoms with E-state index < -0.39 is 10.0 Å². The lowest BCUT2D eigenvalue weighted by atomic mass is 10.0. The first-order valence-electron chi connectivity index (χ1n) is 9.67. The molecule has 0 aliphatic carbocycles. The number of anilines is 1. The Morgan fingerprint density at radius 1 is 0.893 bits per heavy atom. The first-order chi connectivity index (χ1) is 13.5. The van der Waals surface area contributed by atoms with Crippen molar-refractivity contribution in [1.29, 1.82) is 0 Å². The van der Waals surface area contributed by atoms with Gasteiger partial charge in [-0.3, -0.25) is 4.79 Å². The Bertz CT molecular complexity index is 983. The molecule has 0 atom stereocenters. The largest absolute Gasteiger partial charge is 0.308 e. The van der Waals surface area contributed by atoms with Crippen molar-refractivity contribution < 1.29 is 17.6 Å². The molecule has 2 aromatic carbocycles. The van der Waals surface area contributed by atoms with Crippen LogP contribution in [0.3, 0.4) is 0 Å². The summed E-state index contributed by atoms with van der Waals surface area (Å²) in [5.74, 6) is -0.587. The van der Waals surface area contributed by atoms with Gasteiger partial charge in [-0.2, -0.15) is 4.31 Å². The van der Waals surface area contributed by atoms with Crippen molar-refractivity contribution in [2.75, 3.05) is 24.5 Å². The summed E-state index contributed by atoms with van der Waals surface area (Å²) in [5.41, 5.74) is 2.01. The fraction of sp³-hybridized carbons (Fsp3) is 0.381. The van der Waals surface area contributed by atoms with Gasteiger partial charge in [0.15, 0.2) is 0 Å². The van der Waals surface area contributed by atoms with Crippen molar-refractivity contribution in [2.24, 2.45) is 0 Å².